The topological polar surface area (TPSA) is 9.23 Å². The monoisotopic (exact) mass is 206 g/mol. The smallest absolute Gasteiger partial charge is 0.165 e. The Morgan fingerprint density at radius 1 is 1.27 bits per heavy atom. The molecule has 1 aliphatic rings. The van der Waals surface area contributed by atoms with Gasteiger partial charge in [-0.05, 0) is 50.5 Å². The van der Waals surface area contributed by atoms with Gasteiger partial charge in [0, 0.05) is 0 Å². The van der Waals surface area contributed by atoms with E-state index in [-0.39, 0.29) is 11.4 Å². The van der Waals surface area contributed by atoms with Gasteiger partial charge in [0.2, 0.25) is 0 Å². The molecular weight excluding hydrogens is 191 g/mol. The van der Waals surface area contributed by atoms with Gasteiger partial charge in [-0.2, -0.15) is 0 Å². The van der Waals surface area contributed by atoms with E-state index in [1.54, 1.807) is 12.1 Å². The van der Waals surface area contributed by atoms with E-state index in [1.807, 2.05) is 32.9 Å². The van der Waals surface area contributed by atoms with Gasteiger partial charge in [-0.3, -0.25) is 0 Å². The number of hydrogen-bond donors (Lipinski definition) is 0. The number of fused-ring (bicyclic) bond motifs is 1. The van der Waals surface area contributed by atoms with Crippen LogP contribution in [0.1, 0.15) is 31.9 Å². The molecule has 0 saturated heterocycles. The molecular formula is C13H15FO. The molecule has 2 heteroatoms. The number of hydrogen-bond acceptors (Lipinski definition) is 1. The average molecular weight is 206 g/mol. The highest BCUT2D eigenvalue weighted by molar-refractivity contribution is 5.62. The Morgan fingerprint density at radius 3 is 2.67 bits per heavy atom. The molecule has 1 aromatic carbocycles. The van der Waals surface area contributed by atoms with Gasteiger partial charge >= 0.3 is 0 Å². The van der Waals surface area contributed by atoms with Crippen LogP contribution < -0.4 is 4.74 Å². The van der Waals surface area contributed by atoms with Crippen LogP contribution in [0.4, 0.5) is 4.39 Å². The first-order valence-electron chi connectivity index (χ1n) is 5.14. The van der Waals surface area contributed by atoms with Crippen LogP contribution in [0.15, 0.2) is 18.2 Å². The molecule has 0 saturated carbocycles. The second kappa shape index (κ2) is 3.37. The molecule has 0 radical (unpaired) electrons. The highest BCUT2D eigenvalue weighted by Gasteiger charge is 2.17. The molecule has 0 aromatic heterocycles. The molecule has 1 aliphatic carbocycles. The Bertz CT molecular complexity index is 413. The van der Waals surface area contributed by atoms with E-state index in [0.29, 0.717) is 5.75 Å². The second-order valence-corrected chi connectivity index (χ2v) is 4.80. The van der Waals surface area contributed by atoms with E-state index >= 15 is 0 Å². The molecule has 1 aromatic rings. The van der Waals surface area contributed by atoms with Crippen molar-refractivity contribution in [1.29, 1.82) is 0 Å². The molecule has 0 N–H and O–H groups in total. The van der Waals surface area contributed by atoms with E-state index in [0.717, 1.165) is 17.5 Å². The zero-order chi connectivity index (χ0) is 11.1. The van der Waals surface area contributed by atoms with E-state index in [2.05, 4.69) is 0 Å². The standard InChI is InChI=1S/C13H15FO/c1-13(2,3)15-12-8-10-6-4-5-9(10)7-11(12)14/h4,6-8H,5H2,1-3H3. The summed E-state index contributed by atoms with van der Waals surface area (Å²) >= 11 is 0. The van der Waals surface area contributed by atoms with Gasteiger partial charge in [0.15, 0.2) is 11.6 Å². The Labute approximate surface area is 89.6 Å². The number of rotatable bonds is 1. The summed E-state index contributed by atoms with van der Waals surface area (Å²) in [6.07, 6.45) is 4.86. The van der Waals surface area contributed by atoms with Crippen LogP contribution in [0, 0.1) is 5.82 Å². The molecule has 15 heavy (non-hydrogen) atoms. The lowest BCUT2D eigenvalue weighted by atomic mass is 10.1. The van der Waals surface area contributed by atoms with Crippen molar-refractivity contribution in [3.05, 3.63) is 35.2 Å². The molecule has 80 valence electrons. The second-order valence-electron chi connectivity index (χ2n) is 4.80. The number of benzene rings is 1. The van der Waals surface area contributed by atoms with Gasteiger partial charge in [0.05, 0.1) is 0 Å². The van der Waals surface area contributed by atoms with Gasteiger partial charge in [0.1, 0.15) is 5.60 Å². The van der Waals surface area contributed by atoms with Crippen LogP contribution in [0.5, 0.6) is 5.75 Å². The maximum Gasteiger partial charge on any atom is 0.165 e. The summed E-state index contributed by atoms with van der Waals surface area (Å²) in [6, 6.07) is 3.34. The van der Waals surface area contributed by atoms with Gasteiger partial charge < -0.3 is 4.74 Å². The van der Waals surface area contributed by atoms with Crippen molar-refractivity contribution in [2.75, 3.05) is 0 Å². The van der Waals surface area contributed by atoms with Crippen LogP contribution >= 0.6 is 0 Å². The lowest BCUT2D eigenvalue weighted by molar-refractivity contribution is 0.124. The Balaban J connectivity index is 2.36. The highest BCUT2D eigenvalue weighted by atomic mass is 19.1. The first-order valence-corrected chi connectivity index (χ1v) is 5.14. The van der Waals surface area contributed by atoms with Crippen LogP contribution in [0.3, 0.4) is 0 Å². The summed E-state index contributed by atoms with van der Waals surface area (Å²) in [6.45, 7) is 5.74. The van der Waals surface area contributed by atoms with Gasteiger partial charge in [-0.1, -0.05) is 12.2 Å². The van der Waals surface area contributed by atoms with Crippen molar-refractivity contribution in [3.8, 4) is 5.75 Å². The summed E-state index contributed by atoms with van der Waals surface area (Å²) < 4.78 is 19.2. The minimum absolute atomic E-state index is 0.271. The summed E-state index contributed by atoms with van der Waals surface area (Å²) in [5, 5.41) is 0. The largest absolute Gasteiger partial charge is 0.485 e. The van der Waals surface area contributed by atoms with Gasteiger partial charge in [-0.15, -0.1) is 0 Å². The molecule has 0 amide bonds. The van der Waals surface area contributed by atoms with Crippen LogP contribution in [0.2, 0.25) is 0 Å². The highest BCUT2D eigenvalue weighted by Crippen LogP contribution is 2.29. The summed E-state index contributed by atoms with van der Waals surface area (Å²) in [4.78, 5) is 0. The number of ether oxygens (including phenoxy) is 1. The molecule has 0 atom stereocenters. The normalized spacial score (nSPS) is 14.1. The number of allylic oxidation sites excluding steroid dienone is 1. The maximum atomic E-state index is 13.6. The predicted molar refractivity (Wildman–Crippen MR) is 59.5 cm³/mol. The Morgan fingerprint density at radius 2 is 2.00 bits per heavy atom. The summed E-state index contributed by atoms with van der Waals surface area (Å²) in [7, 11) is 0. The zero-order valence-corrected chi connectivity index (χ0v) is 9.30. The molecule has 0 heterocycles. The van der Waals surface area contributed by atoms with E-state index < -0.39 is 0 Å². The van der Waals surface area contributed by atoms with Crippen molar-refractivity contribution in [2.45, 2.75) is 32.8 Å². The predicted octanol–water partition coefficient (Wildman–Crippen LogP) is 3.57. The quantitative estimate of drug-likeness (QED) is 0.682. The average Bonchev–Trinajstić information content (AvgIpc) is 2.49. The third-order valence-electron chi connectivity index (χ3n) is 2.25. The van der Waals surface area contributed by atoms with Crippen molar-refractivity contribution < 1.29 is 9.13 Å². The third-order valence-corrected chi connectivity index (χ3v) is 2.25. The van der Waals surface area contributed by atoms with Crippen molar-refractivity contribution in [3.63, 3.8) is 0 Å². The first kappa shape index (κ1) is 10.2. The molecule has 0 aliphatic heterocycles. The Hall–Kier alpha value is -1.31. The van der Waals surface area contributed by atoms with Gasteiger partial charge in [-0.25, -0.2) is 4.39 Å². The lowest BCUT2D eigenvalue weighted by Gasteiger charge is -2.22. The maximum absolute atomic E-state index is 13.6. The lowest BCUT2D eigenvalue weighted by Crippen LogP contribution is -2.23. The molecule has 0 spiro atoms. The molecule has 0 fully saturated rings. The van der Waals surface area contributed by atoms with Crippen LogP contribution in [-0.4, -0.2) is 5.60 Å². The van der Waals surface area contributed by atoms with E-state index in [4.69, 9.17) is 4.74 Å². The molecule has 2 rings (SSSR count). The van der Waals surface area contributed by atoms with Crippen LogP contribution in [0.25, 0.3) is 6.08 Å². The fourth-order valence-electron chi connectivity index (χ4n) is 1.66. The Kier molecular flexibility index (Phi) is 2.29. The molecule has 1 nitrogen and oxygen atoms in total. The SMILES string of the molecule is CC(C)(C)Oc1cc2c(cc1F)CC=C2. The van der Waals surface area contributed by atoms with Crippen molar-refractivity contribution >= 4 is 6.08 Å². The molecule has 0 unspecified atom stereocenters. The molecule has 0 bridgehead atoms. The van der Waals surface area contributed by atoms with E-state index in [1.165, 1.54) is 0 Å². The third kappa shape index (κ3) is 2.20. The fourth-order valence-corrected chi connectivity index (χ4v) is 1.66. The zero-order valence-electron chi connectivity index (χ0n) is 9.30. The minimum atomic E-state index is -0.364. The van der Waals surface area contributed by atoms with Crippen molar-refractivity contribution in [2.24, 2.45) is 0 Å². The summed E-state index contributed by atoms with van der Waals surface area (Å²) in [5.74, 6) is 0.0696. The van der Waals surface area contributed by atoms with E-state index in [9.17, 15) is 4.39 Å². The van der Waals surface area contributed by atoms with Gasteiger partial charge in [0.25, 0.3) is 0 Å². The fraction of sp³-hybridized carbons (Fsp3) is 0.385. The summed E-state index contributed by atoms with van der Waals surface area (Å²) in [5.41, 5.74) is 1.74. The minimum Gasteiger partial charge on any atom is -0.485 e. The van der Waals surface area contributed by atoms with Crippen molar-refractivity contribution in [1.82, 2.24) is 0 Å². The number of halogens is 1. The van der Waals surface area contributed by atoms with Crippen LogP contribution in [-0.2, 0) is 6.42 Å². The first-order chi connectivity index (χ1) is 6.96.